The van der Waals surface area contributed by atoms with Crippen molar-refractivity contribution in [3.63, 3.8) is 0 Å². The molecule has 0 aliphatic carbocycles. The van der Waals surface area contributed by atoms with Crippen LogP contribution in [-0.4, -0.2) is 70.9 Å². The Morgan fingerprint density at radius 3 is 1.90 bits per heavy atom. The molecule has 0 aromatic heterocycles. The summed E-state index contributed by atoms with van der Waals surface area (Å²) in [5.74, 6) is 0. The van der Waals surface area contributed by atoms with E-state index in [-0.39, 0.29) is 44.9 Å². The van der Waals surface area contributed by atoms with E-state index in [1.807, 2.05) is 6.92 Å². The van der Waals surface area contributed by atoms with E-state index in [1.165, 1.54) is 14.2 Å². The van der Waals surface area contributed by atoms with Crippen LogP contribution in [0, 0.1) is 6.92 Å². The van der Waals surface area contributed by atoms with Crippen LogP contribution in [0.25, 0.3) is 0 Å². The normalized spacial score (nSPS) is 32.9. The van der Waals surface area contributed by atoms with Crippen molar-refractivity contribution in [2.75, 3.05) is 35.0 Å². The first-order chi connectivity index (χ1) is 9.10. The first-order valence-electron chi connectivity index (χ1n) is 6.31. The van der Waals surface area contributed by atoms with Gasteiger partial charge in [-0.15, -0.1) is 0 Å². The van der Waals surface area contributed by atoms with Gasteiger partial charge in [-0.2, -0.15) is 6.42 Å². The van der Waals surface area contributed by atoms with Crippen LogP contribution in [0.4, 0.5) is 0 Å². The van der Waals surface area contributed by atoms with E-state index in [1.54, 1.807) is 14.2 Å². The fourth-order valence-corrected chi connectivity index (χ4v) is 1.94. The number of aliphatic hydroxyl groups is 1. The first kappa shape index (κ1) is 23.1. The minimum atomic E-state index is -0.881. The van der Waals surface area contributed by atoms with Crippen LogP contribution in [0.3, 0.4) is 0 Å². The first-order valence-corrected chi connectivity index (χ1v) is 6.31. The number of ether oxygens (including phenoxy) is 5. The molecule has 0 aromatic carbocycles. The van der Waals surface area contributed by atoms with Crippen LogP contribution < -0.4 is 0 Å². The van der Waals surface area contributed by atoms with E-state index < -0.39 is 18.5 Å². The molecule has 1 saturated heterocycles. The Labute approximate surface area is 147 Å². The van der Waals surface area contributed by atoms with Gasteiger partial charge in [0.15, 0.2) is 6.29 Å². The predicted octanol–water partition coefficient (Wildman–Crippen LogP) is 0.623. The van der Waals surface area contributed by atoms with Crippen molar-refractivity contribution in [3.8, 4) is 0 Å². The van der Waals surface area contributed by atoms with Gasteiger partial charge in [0.2, 0.25) is 0 Å². The van der Waals surface area contributed by atoms with Crippen molar-refractivity contribution >= 4 is 0 Å². The van der Waals surface area contributed by atoms with Gasteiger partial charge in [-0.25, -0.2) is 0 Å². The maximum absolute atomic E-state index is 9.92. The van der Waals surface area contributed by atoms with Crippen molar-refractivity contribution in [3.05, 3.63) is 6.92 Å². The average molecular weight is 368 g/mol. The largest absolute Gasteiger partial charge is 0.385 e. The second-order valence-electron chi connectivity index (χ2n) is 4.13. The number of hydrogen-bond acceptors (Lipinski definition) is 6. The van der Waals surface area contributed by atoms with Crippen molar-refractivity contribution in [2.24, 2.45) is 0 Å². The van der Waals surface area contributed by atoms with Gasteiger partial charge in [0, 0.05) is 61.1 Å². The molecular weight excluding hydrogens is 341 g/mol. The van der Waals surface area contributed by atoms with Crippen molar-refractivity contribution in [1.82, 2.24) is 0 Å². The Kier molecular flexibility index (Phi) is 15.6. The van der Waals surface area contributed by atoms with Crippen LogP contribution in [0.15, 0.2) is 0 Å². The molecule has 1 fully saturated rings. The van der Waals surface area contributed by atoms with E-state index in [4.69, 9.17) is 23.7 Å². The molecule has 0 amide bonds. The topological polar surface area (TPSA) is 66.4 Å². The Bertz CT molecular complexity index is 215. The van der Waals surface area contributed by atoms with Crippen LogP contribution in [0.2, 0.25) is 0 Å². The summed E-state index contributed by atoms with van der Waals surface area (Å²) in [6, 6.07) is 0. The minimum Gasteiger partial charge on any atom is -0.385 e. The second kappa shape index (κ2) is 13.5. The molecule has 1 heterocycles. The number of methoxy groups -OCH3 is 4. The van der Waals surface area contributed by atoms with Crippen molar-refractivity contribution in [2.45, 2.75) is 44.1 Å². The summed E-state index contributed by atoms with van der Waals surface area (Å²) in [5, 5.41) is 9.92. The van der Waals surface area contributed by atoms with Crippen LogP contribution in [0.5, 0.6) is 0 Å². The summed E-state index contributed by atoms with van der Waals surface area (Å²) in [6.45, 7) is 5.85. The van der Waals surface area contributed by atoms with Gasteiger partial charge in [-0.05, 0) is 0 Å². The van der Waals surface area contributed by atoms with E-state index >= 15 is 0 Å². The zero-order chi connectivity index (χ0) is 14.8. The summed E-state index contributed by atoms with van der Waals surface area (Å²) >= 11 is 0. The molecule has 1 aliphatic rings. The molecule has 0 saturated carbocycles. The molecule has 119 valence electrons. The van der Waals surface area contributed by atoms with Gasteiger partial charge in [-0.1, -0.05) is 6.92 Å². The van der Waals surface area contributed by atoms with Crippen molar-refractivity contribution < 1.29 is 61.5 Å². The van der Waals surface area contributed by atoms with Crippen LogP contribution in [0.1, 0.15) is 13.3 Å². The summed E-state index contributed by atoms with van der Waals surface area (Å²) < 4.78 is 26.1. The molecule has 1 N–H and O–H groups in total. The van der Waals surface area contributed by atoms with Gasteiger partial charge in [0.1, 0.15) is 24.4 Å². The van der Waals surface area contributed by atoms with Gasteiger partial charge in [-0.3, -0.25) is 0 Å². The molecule has 6 nitrogen and oxygen atoms in total. The van der Waals surface area contributed by atoms with Gasteiger partial charge < -0.3 is 35.7 Å². The molecular formula is C13H27O6Y-. The molecule has 1 radical (unpaired) electrons. The third kappa shape index (κ3) is 6.75. The predicted molar refractivity (Wildman–Crippen MR) is 70.8 cm³/mol. The molecule has 0 spiro atoms. The summed E-state index contributed by atoms with van der Waals surface area (Å²) in [4.78, 5) is 0. The van der Waals surface area contributed by atoms with Crippen LogP contribution in [-0.2, 0) is 56.4 Å². The number of rotatable bonds is 5. The monoisotopic (exact) mass is 368 g/mol. The van der Waals surface area contributed by atoms with E-state index in [2.05, 4.69) is 6.92 Å². The quantitative estimate of drug-likeness (QED) is 0.718. The van der Waals surface area contributed by atoms with Gasteiger partial charge >= 0.3 is 0 Å². The fourth-order valence-electron chi connectivity index (χ4n) is 1.94. The number of aliphatic hydroxyl groups excluding tert-OH is 1. The Hall–Kier alpha value is 0.864. The molecule has 0 aromatic rings. The Morgan fingerprint density at radius 1 is 1.05 bits per heavy atom. The van der Waals surface area contributed by atoms with E-state index in [0.717, 1.165) is 6.42 Å². The zero-order valence-corrected chi connectivity index (χ0v) is 15.9. The maximum atomic E-state index is 9.92. The second-order valence-corrected chi connectivity index (χ2v) is 4.13. The SMILES string of the molecule is COCC1OC(OC)C(O)C(OC)C1OC.[CH2-]CC.[Y]. The standard InChI is InChI=1S/C10H20O6.C3H7.Y/c1-12-5-6-8(13-2)9(14-3)7(11)10(15-4)16-6;1-3-2;/h6-11H,5H2,1-4H3;1,3H2,2H3;/q;-1;. The molecule has 5 atom stereocenters. The van der Waals surface area contributed by atoms with Gasteiger partial charge in [0.25, 0.3) is 0 Å². The van der Waals surface area contributed by atoms with E-state index in [9.17, 15) is 5.11 Å². The smallest absolute Gasteiger partial charge is 0.186 e. The van der Waals surface area contributed by atoms with Gasteiger partial charge in [0.05, 0.1) is 6.61 Å². The molecule has 0 bridgehead atoms. The third-order valence-electron chi connectivity index (χ3n) is 2.72. The summed E-state index contributed by atoms with van der Waals surface area (Å²) in [5.41, 5.74) is 0. The Morgan fingerprint density at radius 2 is 1.55 bits per heavy atom. The third-order valence-corrected chi connectivity index (χ3v) is 2.72. The average Bonchev–Trinajstić information content (AvgIpc) is 2.41. The van der Waals surface area contributed by atoms with E-state index in [0.29, 0.717) is 6.61 Å². The summed E-state index contributed by atoms with van der Waals surface area (Å²) in [6.07, 6.45) is -1.81. The Balaban J connectivity index is 0. The van der Waals surface area contributed by atoms with Crippen LogP contribution >= 0.6 is 0 Å². The molecule has 7 heteroatoms. The zero-order valence-electron chi connectivity index (χ0n) is 13.1. The molecule has 20 heavy (non-hydrogen) atoms. The minimum absolute atomic E-state index is 0. The number of hydrogen-bond donors (Lipinski definition) is 1. The van der Waals surface area contributed by atoms with Crippen molar-refractivity contribution in [1.29, 1.82) is 0 Å². The molecule has 5 unspecified atom stereocenters. The molecule has 1 aliphatic heterocycles. The maximum Gasteiger partial charge on any atom is 0.186 e. The fraction of sp³-hybridized carbons (Fsp3) is 0.923. The molecule has 1 rings (SSSR count). The summed E-state index contributed by atoms with van der Waals surface area (Å²) in [7, 11) is 6.10.